The molecule has 0 aromatic heterocycles. The van der Waals surface area contributed by atoms with Crippen LogP contribution in [0.25, 0.3) is 0 Å². The van der Waals surface area contributed by atoms with Gasteiger partial charge in [-0.2, -0.15) is 0 Å². The highest BCUT2D eigenvalue weighted by molar-refractivity contribution is 5.88. The number of rotatable bonds is 5. The number of piperazine rings is 1. The second kappa shape index (κ2) is 9.48. The van der Waals surface area contributed by atoms with E-state index in [1.165, 1.54) is 12.1 Å². The van der Waals surface area contributed by atoms with E-state index >= 15 is 0 Å². The Balaban J connectivity index is 0.00000225. The van der Waals surface area contributed by atoms with Crippen LogP contribution in [0.4, 0.5) is 4.39 Å². The maximum Gasteiger partial charge on any atom is 0.230 e. The van der Waals surface area contributed by atoms with Gasteiger partial charge >= 0.3 is 0 Å². The van der Waals surface area contributed by atoms with Crippen LogP contribution in [-0.2, 0) is 14.9 Å². The molecular formula is C18H27ClFN3O2. The molecule has 3 rings (SSSR count). The molecule has 25 heavy (non-hydrogen) atoms. The molecule has 2 saturated heterocycles. The van der Waals surface area contributed by atoms with Gasteiger partial charge < -0.3 is 15.4 Å². The molecule has 2 fully saturated rings. The zero-order valence-electron chi connectivity index (χ0n) is 14.4. The second-order valence-electron chi connectivity index (χ2n) is 6.55. The number of nitrogens with zero attached hydrogens (tertiary/aromatic N) is 1. The molecule has 1 aromatic rings. The Morgan fingerprint density at radius 1 is 1.20 bits per heavy atom. The predicted octanol–water partition coefficient (Wildman–Crippen LogP) is 1.32. The molecule has 5 nitrogen and oxygen atoms in total. The van der Waals surface area contributed by atoms with Crippen LogP contribution < -0.4 is 10.6 Å². The van der Waals surface area contributed by atoms with Crippen LogP contribution in [-0.4, -0.2) is 63.3 Å². The Morgan fingerprint density at radius 3 is 2.48 bits per heavy atom. The first-order chi connectivity index (χ1) is 11.7. The van der Waals surface area contributed by atoms with E-state index < -0.39 is 5.41 Å². The van der Waals surface area contributed by atoms with Crippen LogP contribution in [0.3, 0.4) is 0 Å². The molecule has 2 aliphatic heterocycles. The first kappa shape index (κ1) is 20.1. The lowest BCUT2D eigenvalue weighted by atomic mass is 9.73. The minimum absolute atomic E-state index is 0. The fourth-order valence-corrected chi connectivity index (χ4v) is 3.57. The molecule has 2 heterocycles. The van der Waals surface area contributed by atoms with Crippen molar-refractivity contribution in [2.45, 2.75) is 18.3 Å². The molecule has 140 valence electrons. The topological polar surface area (TPSA) is 53.6 Å². The number of hydrogen-bond acceptors (Lipinski definition) is 4. The van der Waals surface area contributed by atoms with Crippen LogP contribution in [0.5, 0.6) is 0 Å². The van der Waals surface area contributed by atoms with Crippen LogP contribution in [0.1, 0.15) is 18.4 Å². The highest BCUT2D eigenvalue weighted by atomic mass is 35.5. The molecule has 1 aromatic carbocycles. The van der Waals surface area contributed by atoms with Crippen LogP contribution in [0.2, 0.25) is 0 Å². The zero-order chi connectivity index (χ0) is 16.8. The maximum absolute atomic E-state index is 13.3. The van der Waals surface area contributed by atoms with Gasteiger partial charge in [0.1, 0.15) is 5.82 Å². The number of benzene rings is 1. The van der Waals surface area contributed by atoms with E-state index in [0.29, 0.717) is 32.6 Å². The van der Waals surface area contributed by atoms with Crippen molar-refractivity contribution in [1.82, 2.24) is 15.5 Å². The van der Waals surface area contributed by atoms with Crippen molar-refractivity contribution < 1.29 is 13.9 Å². The average Bonchev–Trinajstić information content (AvgIpc) is 2.63. The van der Waals surface area contributed by atoms with Gasteiger partial charge in [-0.15, -0.1) is 12.4 Å². The minimum atomic E-state index is -0.602. The Hall–Kier alpha value is -1.21. The molecule has 0 aliphatic carbocycles. The summed E-state index contributed by atoms with van der Waals surface area (Å²) in [5.41, 5.74) is 0.280. The fourth-order valence-electron chi connectivity index (χ4n) is 3.57. The molecule has 0 spiro atoms. The summed E-state index contributed by atoms with van der Waals surface area (Å²) in [6.45, 7) is 6.67. The molecule has 2 N–H and O–H groups in total. The van der Waals surface area contributed by atoms with E-state index in [-0.39, 0.29) is 24.1 Å². The third-order valence-corrected chi connectivity index (χ3v) is 5.10. The first-order valence-electron chi connectivity index (χ1n) is 8.76. The standard InChI is InChI=1S/C18H26FN3O2.ClH/c19-16-3-1-15(2-4-16)18(5-13-24-14-6-18)17(23)21-9-12-22-10-7-20-8-11-22;/h1-4,20H,5-14H2,(H,21,23);1H. The minimum Gasteiger partial charge on any atom is -0.381 e. The van der Waals surface area contributed by atoms with E-state index in [1.54, 1.807) is 12.1 Å². The van der Waals surface area contributed by atoms with Gasteiger partial charge in [0.25, 0.3) is 0 Å². The lowest BCUT2D eigenvalue weighted by Gasteiger charge is -2.36. The summed E-state index contributed by atoms with van der Waals surface area (Å²) in [4.78, 5) is 15.3. The number of ether oxygens (including phenoxy) is 1. The maximum atomic E-state index is 13.3. The molecular weight excluding hydrogens is 345 g/mol. The van der Waals surface area contributed by atoms with Gasteiger partial charge in [0.05, 0.1) is 5.41 Å². The molecule has 0 radical (unpaired) electrons. The van der Waals surface area contributed by atoms with Crippen molar-refractivity contribution in [2.24, 2.45) is 0 Å². The zero-order valence-corrected chi connectivity index (χ0v) is 15.2. The smallest absolute Gasteiger partial charge is 0.230 e. The number of halogens is 2. The number of carbonyl (C=O) groups excluding carboxylic acids is 1. The van der Waals surface area contributed by atoms with Crippen LogP contribution in [0, 0.1) is 5.82 Å². The Morgan fingerprint density at radius 2 is 1.84 bits per heavy atom. The largest absolute Gasteiger partial charge is 0.381 e. The van der Waals surface area contributed by atoms with Gasteiger partial charge in [0, 0.05) is 52.5 Å². The van der Waals surface area contributed by atoms with Crippen LogP contribution in [0.15, 0.2) is 24.3 Å². The van der Waals surface area contributed by atoms with Crippen molar-refractivity contribution in [1.29, 1.82) is 0 Å². The Kier molecular flexibility index (Phi) is 7.62. The molecule has 0 saturated carbocycles. The normalized spacial score (nSPS) is 20.5. The third kappa shape index (κ3) is 4.91. The van der Waals surface area contributed by atoms with E-state index in [4.69, 9.17) is 4.74 Å². The van der Waals surface area contributed by atoms with Gasteiger partial charge in [-0.25, -0.2) is 4.39 Å². The van der Waals surface area contributed by atoms with Gasteiger partial charge in [0.2, 0.25) is 5.91 Å². The lowest BCUT2D eigenvalue weighted by Crippen LogP contribution is -2.51. The van der Waals surface area contributed by atoms with Gasteiger partial charge in [0.15, 0.2) is 0 Å². The summed E-state index contributed by atoms with van der Waals surface area (Å²) in [7, 11) is 0. The fraction of sp³-hybridized carbons (Fsp3) is 0.611. The van der Waals surface area contributed by atoms with E-state index in [1.807, 2.05) is 0 Å². The summed E-state index contributed by atoms with van der Waals surface area (Å²) in [6, 6.07) is 6.33. The number of nitrogens with one attached hydrogen (secondary N) is 2. The van der Waals surface area contributed by atoms with Crippen molar-refractivity contribution in [3.8, 4) is 0 Å². The number of amides is 1. The second-order valence-corrected chi connectivity index (χ2v) is 6.55. The quantitative estimate of drug-likeness (QED) is 0.819. The van der Waals surface area contributed by atoms with Gasteiger partial charge in [-0.05, 0) is 30.5 Å². The molecule has 0 unspecified atom stereocenters. The van der Waals surface area contributed by atoms with Crippen molar-refractivity contribution in [2.75, 3.05) is 52.5 Å². The predicted molar refractivity (Wildman–Crippen MR) is 97.7 cm³/mol. The van der Waals surface area contributed by atoms with E-state index in [2.05, 4.69) is 15.5 Å². The molecule has 7 heteroatoms. The number of hydrogen-bond donors (Lipinski definition) is 2. The van der Waals surface area contributed by atoms with Crippen LogP contribution >= 0.6 is 12.4 Å². The van der Waals surface area contributed by atoms with Crippen molar-refractivity contribution in [3.05, 3.63) is 35.6 Å². The third-order valence-electron chi connectivity index (χ3n) is 5.10. The highest BCUT2D eigenvalue weighted by Gasteiger charge is 2.41. The SMILES string of the molecule is Cl.O=C(NCCN1CCNCC1)C1(c2ccc(F)cc2)CCOCC1. The summed E-state index contributed by atoms with van der Waals surface area (Å²) < 4.78 is 18.7. The lowest BCUT2D eigenvalue weighted by molar-refractivity contribution is -0.130. The molecule has 0 bridgehead atoms. The summed E-state index contributed by atoms with van der Waals surface area (Å²) in [5.74, 6) is -0.243. The Bertz CT molecular complexity index is 544. The first-order valence-corrected chi connectivity index (χ1v) is 8.76. The average molecular weight is 372 g/mol. The van der Waals surface area contributed by atoms with Gasteiger partial charge in [-0.1, -0.05) is 12.1 Å². The van der Waals surface area contributed by atoms with E-state index in [9.17, 15) is 9.18 Å². The highest BCUT2D eigenvalue weighted by Crippen LogP contribution is 2.35. The van der Waals surface area contributed by atoms with E-state index in [0.717, 1.165) is 38.3 Å². The summed E-state index contributed by atoms with van der Waals surface area (Å²) in [5, 5.41) is 6.43. The Labute approximate surface area is 154 Å². The monoisotopic (exact) mass is 371 g/mol. The van der Waals surface area contributed by atoms with Gasteiger partial charge in [-0.3, -0.25) is 9.69 Å². The van der Waals surface area contributed by atoms with Crippen molar-refractivity contribution >= 4 is 18.3 Å². The summed E-state index contributed by atoms with van der Waals surface area (Å²) >= 11 is 0. The molecule has 1 amide bonds. The number of carbonyl (C=O) groups is 1. The summed E-state index contributed by atoms with van der Waals surface area (Å²) in [6.07, 6.45) is 1.27. The molecule has 0 atom stereocenters. The van der Waals surface area contributed by atoms with Crippen molar-refractivity contribution in [3.63, 3.8) is 0 Å². The molecule has 2 aliphatic rings.